The number of hydrogen-bond donors (Lipinski definition) is 1. The lowest BCUT2D eigenvalue weighted by molar-refractivity contribution is -0.508. The number of nitrogens with two attached hydrogens (primary N) is 1. The molecule has 0 saturated carbocycles. The van der Waals surface area contributed by atoms with Gasteiger partial charge in [0.15, 0.2) is 0 Å². The lowest BCUT2D eigenvalue weighted by Gasteiger charge is -2.04. The molecule has 0 aliphatic carbocycles. The number of rotatable bonds is 16. The van der Waals surface area contributed by atoms with Crippen molar-refractivity contribution < 1.29 is 9.72 Å². The molecule has 0 heterocycles. The molecule has 0 radical (unpaired) electrons. The van der Waals surface area contributed by atoms with Crippen LogP contribution in [0.1, 0.15) is 90.4 Å². The van der Waals surface area contributed by atoms with E-state index >= 15 is 0 Å². The van der Waals surface area contributed by atoms with Gasteiger partial charge in [-0.15, -0.1) is 0 Å². The number of amides is 1. The van der Waals surface area contributed by atoms with Crippen LogP contribution in [-0.4, -0.2) is 16.9 Å². The van der Waals surface area contributed by atoms with Crippen LogP contribution in [0.3, 0.4) is 0 Å². The summed E-state index contributed by atoms with van der Waals surface area (Å²) in [5, 5.41) is 10.6. The van der Waals surface area contributed by atoms with E-state index < -0.39 is 16.9 Å². The minimum Gasteiger partial charge on any atom is -0.364 e. The van der Waals surface area contributed by atoms with E-state index in [4.69, 9.17) is 5.73 Å². The summed E-state index contributed by atoms with van der Waals surface area (Å²) in [5.41, 5.74) is 5.00. The Balaban J connectivity index is 3.37. The molecule has 0 aliphatic heterocycles. The van der Waals surface area contributed by atoms with Crippen molar-refractivity contribution in [2.24, 2.45) is 5.73 Å². The first-order valence-electron chi connectivity index (χ1n) is 9.17. The Morgan fingerprint density at radius 1 is 0.957 bits per heavy atom. The highest BCUT2D eigenvalue weighted by Gasteiger charge is 2.25. The van der Waals surface area contributed by atoms with Crippen LogP contribution in [0.4, 0.5) is 0 Å². The standard InChI is InChI=1S/C18H34N2O3/c1-2-3-4-5-6-7-8-9-10-11-12-13-14-15-16-17(18(19)21)20(22)23/h9-10,17H,2-8,11-16H2,1H3,(H2,19,21)/b10-9-. The number of unbranched alkanes of at least 4 members (excludes halogenated alkanes) is 10. The van der Waals surface area contributed by atoms with E-state index in [2.05, 4.69) is 19.1 Å². The minimum absolute atomic E-state index is 0.260. The van der Waals surface area contributed by atoms with Crippen LogP contribution in [-0.2, 0) is 4.79 Å². The summed E-state index contributed by atoms with van der Waals surface area (Å²) in [6.45, 7) is 2.24. The summed E-state index contributed by atoms with van der Waals surface area (Å²) in [4.78, 5) is 20.9. The molecule has 0 aliphatic rings. The summed E-state index contributed by atoms with van der Waals surface area (Å²) in [5.74, 6) is -0.826. The molecule has 0 saturated heterocycles. The molecule has 0 bridgehead atoms. The van der Waals surface area contributed by atoms with Gasteiger partial charge in [-0.1, -0.05) is 64.0 Å². The van der Waals surface area contributed by atoms with Crippen LogP contribution in [0.5, 0.6) is 0 Å². The third kappa shape index (κ3) is 14.0. The molecule has 2 N–H and O–H groups in total. The smallest absolute Gasteiger partial charge is 0.292 e. The summed E-state index contributed by atoms with van der Waals surface area (Å²) in [6, 6.07) is -1.22. The number of carbonyl (C=O) groups excluding carboxylic acids is 1. The third-order valence-corrected chi connectivity index (χ3v) is 4.07. The predicted octanol–water partition coefficient (Wildman–Crippen LogP) is 4.76. The van der Waals surface area contributed by atoms with Crippen molar-refractivity contribution in [2.75, 3.05) is 0 Å². The van der Waals surface area contributed by atoms with Crippen molar-refractivity contribution in [3.05, 3.63) is 22.3 Å². The molecule has 0 aromatic rings. The maximum absolute atomic E-state index is 10.9. The van der Waals surface area contributed by atoms with E-state index in [1.807, 2.05) is 0 Å². The van der Waals surface area contributed by atoms with Gasteiger partial charge in [0.25, 0.3) is 11.9 Å². The van der Waals surface area contributed by atoms with Gasteiger partial charge < -0.3 is 5.73 Å². The number of primary amides is 1. The van der Waals surface area contributed by atoms with Gasteiger partial charge in [-0.3, -0.25) is 14.9 Å². The van der Waals surface area contributed by atoms with Crippen LogP contribution in [0.2, 0.25) is 0 Å². The van der Waals surface area contributed by atoms with Crippen LogP contribution >= 0.6 is 0 Å². The Labute approximate surface area is 140 Å². The first kappa shape index (κ1) is 21.6. The molecule has 23 heavy (non-hydrogen) atoms. The van der Waals surface area contributed by atoms with E-state index in [1.165, 1.54) is 44.9 Å². The Morgan fingerprint density at radius 3 is 1.91 bits per heavy atom. The van der Waals surface area contributed by atoms with E-state index in [9.17, 15) is 14.9 Å². The van der Waals surface area contributed by atoms with Crippen molar-refractivity contribution in [3.63, 3.8) is 0 Å². The van der Waals surface area contributed by atoms with Gasteiger partial charge in [0.1, 0.15) is 0 Å². The molecule has 0 fully saturated rings. The second-order valence-corrected chi connectivity index (χ2v) is 6.22. The van der Waals surface area contributed by atoms with Crippen LogP contribution in [0, 0.1) is 10.1 Å². The van der Waals surface area contributed by atoms with E-state index in [-0.39, 0.29) is 6.42 Å². The van der Waals surface area contributed by atoms with E-state index in [0.29, 0.717) is 6.42 Å². The first-order valence-corrected chi connectivity index (χ1v) is 9.17. The molecule has 0 aromatic carbocycles. The summed E-state index contributed by atoms with van der Waals surface area (Å²) < 4.78 is 0. The van der Waals surface area contributed by atoms with Crippen LogP contribution in [0.15, 0.2) is 12.2 Å². The average Bonchev–Trinajstić information content (AvgIpc) is 2.50. The molecule has 0 spiro atoms. The minimum atomic E-state index is -1.22. The zero-order chi connectivity index (χ0) is 17.3. The van der Waals surface area contributed by atoms with E-state index in [0.717, 1.165) is 25.7 Å². The largest absolute Gasteiger partial charge is 0.364 e. The average molecular weight is 326 g/mol. The molecule has 1 amide bonds. The summed E-state index contributed by atoms with van der Waals surface area (Å²) >= 11 is 0. The second kappa shape index (κ2) is 15.5. The lowest BCUT2D eigenvalue weighted by Crippen LogP contribution is -2.35. The molecular formula is C18H34N2O3. The first-order chi connectivity index (χ1) is 11.1. The van der Waals surface area contributed by atoms with Gasteiger partial charge in [-0.25, -0.2) is 0 Å². The van der Waals surface area contributed by atoms with E-state index in [1.54, 1.807) is 0 Å². The Hall–Kier alpha value is -1.39. The maximum Gasteiger partial charge on any atom is 0.292 e. The zero-order valence-corrected chi connectivity index (χ0v) is 14.7. The quantitative estimate of drug-likeness (QED) is 0.192. The lowest BCUT2D eigenvalue weighted by atomic mass is 10.1. The molecule has 0 aromatic heterocycles. The van der Waals surface area contributed by atoms with Gasteiger partial charge in [0, 0.05) is 11.3 Å². The maximum atomic E-state index is 10.9. The Kier molecular flexibility index (Phi) is 14.6. The molecule has 0 rings (SSSR count). The normalized spacial score (nSPS) is 12.6. The van der Waals surface area contributed by atoms with Gasteiger partial charge >= 0.3 is 0 Å². The topological polar surface area (TPSA) is 86.2 Å². The van der Waals surface area contributed by atoms with Crippen molar-refractivity contribution in [3.8, 4) is 0 Å². The monoisotopic (exact) mass is 326 g/mol. The highest BCUT2D eigenvalue weighted by atomic mass is 16.6. The van der Waals surface area contributed by atoms with Crippen molar-refractivity contribution in [1.29, 1.82) is 0 Å². The van der Waals surface area contributed by atoms with Gasteiger partial charge in [-0.05, 0) is 32.1 Å². The number of hydrogen-bond acceptors (Lipinski definition) is 3. The fourth-order valence-corrected chi connectivity index (χ4v) is 2.58. The van der Waals surface area contributed by atoms with Crippen molar-refractivity contribution in [2.45, 2.75) is 96.4 Å². The molecule has 5 heteroatoms. The summed E-state index contributed by atoms with van der Waals surface area (Å²) in [6.07, 6.45) is 18.8. The number of nitro groups is 1. The molecule has 5 nitrogen and oxygen atoms in total. The zero-order valence-electron chi connectivity index (χ0n) is 14.7. The number of nitrogens with zero attached hydrogens (tertiary/aromatic N) is 1. The molecule has 1 atom stereocenters. The SMILES string of the molecule is CCCCCCCC/C=C\CCCCCCC(C(N)=O)[N+](=O)[O-]. The van der Waals surface area contributed by atoms with Crippen molar-refractivity contribution >= 4 is 5.91 Å². The Morgan fingerprint density at radius 2 is 1.43 bits per heavy atom. The van der Waals surface area contributed by atoms with Crippen LogP contribution in [0.25, 0.3) is 0 Å². The molecular weight excluding hydrogens is 292 g/mol. The van der Waals surface area contributed by atoms with Gasteiger partial charge in [0.2, 0.25) is 0 Å². The summed E-state index contributed by atoms with van der Waals surface area (Å²) in [7, 11) is 0. The number of carbonyl (C=O) groups is 1. The predicted molar refractivity (Wildman–Crippen MR) is 94.8 cm³/mol. The van der Waals surface area contributed by atoms with Crippen LogP contribution < -0.4 is 5.73 Å². The van der Waals surface area contributed by atoms with Crippen molar-refractivity contribution in [1.82, 2.24) is 0 Å². The fraction of sp³-hybridized carbons (Fsp3) is 0.833. The Bertz CT molecular complexity index is 329. The third-order valence-electron chi connectivity index (χ3n) is 4.07. The highest BCUT2D eigenvalue weighted by Crippen LogP contribution is 2.10. The number of allylic oxidation sites excluding steroid dienone is 2. The fourth-order valence-electron chi connectivity index (χ4n) is 2.58. The second-order valence-electron chi connectivity index (χ2n) is 6.22. The van der Waals surface area contributed by atoms with Gasteiger partial charge in [-0.2, -0.15) is 0 Å². The highest BCUT2D eigenvalue weighted by molar-refractivity contribution is 5.78. The molecule has 134 valence electrons. The van der Waals surface area contributed by atoms with Gasteiger partial charge in [0.05, 0.1) is 0 Å². The molecule has 1 unspecified atom stereocenters.